The Kier molecular flexibility index (Phi) is 12.9. The van der Waals surface area contributed by atoms with Crippen LogP contribution >= 0.6 is 18.9 Å². The van der Waals surface area contributed by atoms with Gasteiger partial charge >= 0.3 is 13.8 Å². The number of nitriles is 1. The van der Waals surface area contributed by atoms with Gasteiger partial charge < -0.3 is 50.0 Å². The number of ether oxygens (including phenoxy) is 2. The number of aromatic hydroxyl groups is 4. The van der Waals surface area contributed by atoms with E-state index in [2.05, 4.69) is 10.6 Å². The number of rotatable bonds is 16. The van der Waals surface area contributed by atoms with E-state index < -0.39 is 81.8 Å². The number of phenols is 4. The predicted octanol–water partition coefficient (Wildman–Crippen LogP) is 4.73. The lowest BCUT2D eigenvalue weighted by atomic mass is 10.1. The minimum Gasteiger partial charge on any atom is -0.504 e. The topological polar surface area (TPSA) is 274 Å². The van der Waals surface area contributed by atoms with Crippen LogP contribution in [0.1, 0.15) is 31.8 Å². The van der Waals surface area contributed by atoms with Crippen molar-refractivity contribution < 1.29 is 75.1 Å². The molecule has 0 radical (unpaired) electrons. The lowest BCUT2D eigenvalue weighted by Gasteiger charge is -2.16. The van der Waals surface area contributed by atoms with Gasteiger partial charge in [-0.25, -0.2) is 13.0 Å². The molecule has 306 valence electrons. The fourth-order valence-electron chi connectivity index (χ4n) is 5.00. The maximum Gasteiger partial charge on any atom is 0.417 e. The summed E-state index contributed by atoms with van der Waals surface area (Å²) < 4.78 is 97.5. The van der Waals surface area contributed by atoms with Gasteiger partial charge in [0, 0.05) is 10.8 Å². The van der Waals surface area contributed by atoms with Crippen molar-refractivity contribution in [2.75, 3.05) is 32.6 Å². The first-order valence-electron chi connectivity index (χ1n) is 16.3. The average molecular weight is 867 g/mol. The van der Waals surface area contributed by atoms with E-state index in [1.54, 1.807) is 0 Å². The van der Waals surface area contributed by atoms with Crippen LogP contribution in [-0.4, -0.2) is 78.1 Å². The summed E-state index contributed by atoms with van der Waals surface area (Å²) in [6.45, 7) is -0.668. The number of fused-ring (bicyclic) bond motifs is 1. The fourth-order valence-corrected chi connectivity index (χ4v) is 8.95. The predicted molar refractivity (Wildman–Crippen MR) is 199 cm³/mol. The Bertz CT molecular complexity index is 2470. The van der Waals surface area contributed by atoms with Crippen molar-refractivity contribution in [2.45, 2.75) is 10.4 Å². The molecule has 1 atom stereocenters. The SMILES string of the molecule is N#Cc1ccc(OP(=O)(O)CNS(=O)(=O)c2cc3cc(OCCNC(=O)c4cccc(O)c4O)c(OCCNC(=O)c4cccc(O)c4O)cc3s2)cc1C(F)(F)F. The summed E-state index contributed by atoms with van der Waals surface area (Å²) in [5, 5.41) is 53.6. The van der Waals surface area contributed by atoms with E-state index in [0.717, 1.165) is 12.1 Å². The second-order valence-electron chi connectivity index (χ2n) is 11.8. The largest absolute Gasteiger partial charge is 0.504 e. The zero-order valence-electron chi connectivity index (χ0n) is 29.3. The number of carbonyl (C=O) groups is 2. The number of halogens is 3. The first-order chi connectivity index (χ1) is 27.3. The molecule has 58 heavy (non-hydrogen) atoms. The Morgan fingerprint density at radius 1 is 0.828 bits per heavy atom. The number of carbonyl (C=O) groups excluding carboxylic acids is 2. The summed E-state index contributed by atoms with van der Waals surface area (Å²) in [6.07, 6.45) is -6.25. The molecule has 1 aromatic heterocycles. The van der Waals surface area contributed by atoms with Crippen LogP contribution < -0.4 is 29.4 Å². The Morgan fingerprint density at radius 2 is 1.38 bits per heavy atom. The number of para-hydroxylation sites is 2. The summed E-state index contributed by atoms with van der Waals surface area (Å²) in [6, 6.07) is 14.8. The summed E-state index contributed by atoms with van der Waals surface area (Å²) >= 11 is 0.691. The molecule has 0 bridgehead atoms. The van der Waals surface area contributed by atoms with Crippen molar-refractivity contribution in [3.8, 4) is 46.3 Å². The number of nitrogens with one attached hydrogen (secondary N) is 3. The molecule has 0 aliphatic heterocycles. The first kappa shape index (κ1) is 42.9. The van der Waals surface area contributed by atoms with Crippen molar-refractivity contribution in [3.05, 3.63) is 95.1 Å². The molecule has 0 aliphatic carbocycles. The Balaban J connectivity index is 1.30. The summed E-state index contributed by atoms with van der Waals surface area (Å²) in [5.74, 6) is -4.44. The number of sulfonamides is 1. The highest BCUT2D eigenvalue weighted by molar-refractivity contribution is 7.92. The molecule has 1 heterocycles. The van der Waals surface area contributed by atoms with Crippen molar-refractivity contribution >= 4 is 50.9 Å². The highest BCUT2D eigenvalue weighted by Gasteiger charge is 2.35. The minimum atomic E-state index is -4.99. The van der Waals surface area contributed by atoms with E-state index in [9.17, 15) is 61.1 Å². The van der Waals surface area contributed by atoms with Crippen LogP contribution in [0, 0.1) is 11.3 Å². The number of phenolic OH excluding ortho intramolecular Hbond substituents is 4. The molecular weight excluding hydrogens is 837 g/mol. The van der Waals surface area contributed by atoms with E-state index in [-0.39, 0.29) is 58.5 Å². The molecule has 1 unspecified atom stereocenters. The number of thiophene rings is 1. The van der Waals surface area contributed by atoms with E-state index >= 15 is 0 Å². The molecule has 2 amide bonds. The molecule has 17 nitrogen and oxygen atoms in total. The number of hydrogen-bond acceptors (Lipinski definition) is 14. The standard InChI is InChI=1S/C35H30F3N4O13PS2/c36-35(37,38)24-15-21(8-7-19(24)17-39)55-56(49,50)18-42-58(51,52)30-14-20-13-27(53-11-9-40-33(47)22-3-1-5-25(43)31(22)45)28(16-29(20)57-30)54-12-10-41-34(48)23-4-2-6-26(44)32(23)46/h1-8,13-16,42-46H,9-12,18H2,(H,40,47)(H,41,48)(H,49,50). The Morgan fingerprint density at radius 3 is 1.91 bits per heavy atom. The Labute approximate surface area is 330 Å². The van der Waals surface area contributed by atoms with Crippen LogP contribution in [0.2, 0.25) is 0 Å². The summed E-state index contributed by atoms with van der Waals surface area (Å²) in [4.78, 5) is 35.4. The number of amides is 2. The number of nitrogens with zero attached hydrogens (tertiary/aromatic N) is 1. The van der Waals surface area contributed by atoms with Gasteiger partial charge in [-0.15, -0.1) is 11.3 Å². The molecule has 0 saturated heterocycles. The minimum absolute atomic E-state index is 0.0301. The quantitative estimate of drug-likeness (QED) is 0.0379. The number of benzene rings is 4. The summed E-state index contributed by atoms with van der Waals surface area (Å²) in [7, 11) is -9.52. The second kappa shape index (κ2) is 17.5. The highest BCUT2D eigenvalue weighted by Crippen LogP contribution is 2.44. The lowest BCUT2D eigenvalue weighted by molar-refractivity contribution is -0.137. The van der Waals surface area contributed by atoms with Crippen LogP contribution in [-0.2, 0) is 20.8 Å². The van der Waals surface area contributed by atoms with E-state index in [1.165, 1.54) is 60.7 Å². The van der Waals surface area contributed by atoms with Crippen LogP contribution in [0.3, 0.4) is 0 Å². The van der Waals surface area contributed by atoms with Gasteiger partial charge in [-0.1, -0.05) is 12.1 Å². The fraction of sp³-hybridized carbons (Fsp3) is 0.171. The van der Waals surface area contributed by atoms with Gasteiger partial charge in [-0.3, -0.25) is 9.59 Å². The molecule has 23 heteroatoms. The van der Waals surface area contributed by atoms with E-state index in [0.29, 0.717) is 22.1 Å². The molecule has 0 saturated carbocycles. The third-order valence-electron chi connectivity index (χ3n) is 7.75. The van der Waals surface area contributed by atoms with Crippen molar-refractivity contribution in [1.29, 1.82) is 5.26 Å². The molecule has 5 aromatic rings. The molecule has 8 N–H and O–H groups in total. The first-order valence-corrected chi connectivity index (χ1v) is 20.4. The van der Waals surface area contributed by atoms with Gasteiger partial charge in [-0.05, 0) is 60.0 Å². The molecule has 5 rings (SSSR count). The smallest absolute Gasteiger partial charge is 0.417 e. The zero-order chi connectivity index (χ0) is 42.4. The number of hydrogen-bond donors (Lipinski definition) is 8. The second-order valence-corrected chi connectivity index (χ2v) is 16.7. The van der Waals surface area contributed by atoms with Crippen LogP contribution in [0.15, 0.2) is 77.0 Å². The van der Waals surface area contributed by atoms with E-state index in [4.69, 9.17) is 19.3 Å². The van der Waals surface area contributed by atoms with Crippen molar-refractivity contribution in [3.63, 3.8) is 0 Å². The van der Waals surface area contributed by atoms with Crippen LogP contribution in [0.25, 0.3) is 10.1 Å². The normalized spacial score (nSPS) is 12.6. The molecular formula is C35H30F3N4O13PS2. The average Bonchev–Trinajstić information content (AvgIpc) is 3.60. The van der Waals surface area contributed by atoms with Gasteiger partial charge in [-0.2, -0.15) is 23.2 Å². The third kappa shape index (κ3) is 10.4. The van der Waals surface area contributed by atoms with Gasteiger partial charge in [0.15, 0.2) is 34.5 Å². The van der Waals surface area contributed by atoms with Gasteiger partial charge in [0.05, 0.1) is 41.4 Å². The maximum absolute atomic E-state index is 13.4. The molecule has 0 spiro atoms. The van der Waals surface area contributed by atoms with Crippen molar-refractivity contribution in [2.24, 2.45) is 0 Å². The molecule has 0 aliphatic rings. The van der Waals surface area contributed by atoms with Crippen molar-refractivity contribution in [1.82, 2.24) is 15.4 Å². The third-order valence-corrected chi connectivity index (χ3v) is 12.0. The maximum atomic E-state index is 13.4. The number of alkyl halides is 3. The summed E-state index contributed by atoms with van der Waals surface area (Å²) in [5.41, 5.74) is -2.61. The van der Waals surface area contributed by atoms with Crippen LogP contribution in [0.5, 0.6) is 40.2 Å². The zero-order valence-corrected chi connectivity index (χ0v) is 31.8. The highest BCUT2D eigenvalue weighted by atomic mass is 32.2. The Hall–Kier alpha value is -6.24. The molecule has 0 fully saturated rings. The monoisotopic (exact) mass is 866 g/mol. The van der Waals surface area contributed by atoms with Crippen LogP contribution in [0.4, 0.5) is 13.2 Å². The van der Waals surface area contributed by atoms with E-state index in [1.807, 2.05) is 4.72 Å². The van der Waals surface area contributed by atoms with Gasteiger partial charge in [0.2, 0.25) is 0 Å². The van der Waals surface area contributed by atoms with Gasteiger partial charge in [0.1, 0.15) is 29.5 Å². The van der Waals surface area contributed by atoms with Gasteiger partial charge in [0.25, 0.3) is 21.8 Å². The lowest BCUT2D eigenvalue weighted by Crippen LogP contribution is -2.28. The molecule has 4 aromatic carbocycles.